The Hall–Kier alpha value is -0.850. The number of thiazole rings is 1. The number of aromatic nitrogens is 3. The van der Waals surface area contributed by atoms with Crippen molar-refractivity contribution in [3.8, 4) is 9.88 Å². The van der Waals surface area contributed by atoms with Gasteiger partial charge < -0.3 is 5.73 Å². The summed E-state index contributed by atoms with van der Waals surface area (Å²) in [6.45, 7) is 2.69. The first-order chi connectivity index (χ1) is 7.29. The van der Waals surface area contributed by atoms with Gasteiger partial charge in [-0.3, -0.25) is 0 Å². The minimum absolute atomic E-state index is 0.703. The highest BCUT2D eigenvalue weighted by Gasteiger charge is 2.08. The molecule has 0 aliphatic rings. The van der Waals surface area contributed by atoms with Crippen molar-refractivity contribution in [3.63, 3.8) is 0 Å². The summed E-state index contributed by atoms with van der Waals surface area (Å²) in [5.74, 6) is 0. The van der Waals surface area contributed by atoms with Crippen LogP contribution in [0.3, 0.4) is 0 Å². The lowest BCUT2D eigenvalue weighted by atomic mass is 10.3. The topological polar surface area (TPSA) is 64.7 Å². The van der Waals surface area contributed by atoms with Crippen LogP contribution in [0.15, 0.2) is 6.20 Å². The molecule has 6 heteroatoms. The quantitative estimate of drug-likeness (QED) is 0.886. The minimum atomic E-state index is 0.703. The average Bonchev–Trinajstić information content (AvgIpc) is 2.83. The summed E-state index contributed by atoms with van der Waals surface area (Å²) in [6.07, 6.45) is 3.75. The summed E-state index contributed by atoms with van der Waals surface area (Å²) in [4.78, 5) is 5.30. The molecular weight excluding hydrogens is 228 g/mol. The summed E-state index contributed by atoms with van der Waals surface area (Å²) in [7, 11) is 0. The molecule has 0 unspecified atom stereocenters. The molecular formula is C9H12N4S2. The zero-order chi connectivity index (χ0) is 10.7. The van der Waals surface area contributed by atoms with Crippen LogP contribution in [0.1, 0.15) is 16.4 Å². The molecule has 4 nitrogen and oxygen atoms in total. The van der Waals surface area contributed by atoms with Crippen molar-refractivity contribution in [2.75, 3.05) is 6.54 Å². The maximum Gasteiger partial charge on any atom is 0.159 e. The second-order valence-corrected chi connectivity index (χ2v) is 5.43. The van der Waals surface area contributed by atoms with Gasteiger partial charge in [-0.2, -0.15) is 0 Å². The third-order valence-corrected chi connectivity index (χ3v) is 3.96. The van der Waals surface area contributed by atoms with Crippen molar-refractivity contribution in [3.05, 3.63) is 16.2 Å². The molecule has 0 aliphatic carbocycles. The maximum atomic E-state index is 5.45. The predicted octanol–water partition coefficient (Wildman–Crippen LogP) is 1.86. The monoisotopic (exact) mass is 240 g/mol. The zero-order valence-electron chi connectivity index (χ0n) is 8.43. The van der Waals surface area contributed by atoms with Crippen LogP contribution in [0.25, 0.3) is 9.88 Å². The van der Waals surface area contributed by atoms with Gasteiger partial charge in [0, 0.05) is 12.6 Å². The van der Waals surface area contributed by atoms with Crippen LogP contribution < -0.4 is 5.73 Å². The van der Waals surface area contributed by atoms with E-state index in [0.717, 1.165) is 32.7 Å². The fourth-order valence-corrected chi connectivity index (χ4v) is 2.86. The van der Waals surface area contributed by atoms with Crippen molar-refractivity contribution in [2.24, 2.45) is 5.73 Å². The van der Waals surface area contributed by atoms with Gasteiger partial charge in [-0.1, -0.05) is 11.3 Å². The molecule has 80 valence electrons. The van der Waals surface area contributed by atoms with Gasteiger partial charge >= 0.3 is 0 Å². The van der Waals surface area contributed by atoms with Crippen LogP contribution in [0, 0.1) is 6.92 Å². The standard InChI is InChI=1S/C9H12N4S2/c1-6-11-5-7(14-6)9-13-12-8(15-9)3-2-4-10/h5H,2-4,10H2,1H3. The Morgan fingerprint density at radius 3 is 2.87 bits per heavy atom. The van der Waals surface area contributed by atoms with E-state index in [1.165, 1.54) is 0 Å². The lowest BCUT2D eigenvalue weighted by Gasteiger charge is -1.89. The molecule has 0 saturated carbocycles. The highest BCUT2D eigenvalue weighted by Crippen LogP contribution is 2.28. The Labute approximate surface area is 96.2 Å². The van der Waals surface area contributed by atoms with Crippen LogP contribution in [0.2, 0.25) is 0 Å². The lowest BCUT2D eigenvalue weighted by Crippen LogP contribution is -1.99. The van der Waals surface area contributed by atoms with Gasteiger partial charge in [0.15, 0.2) is 5.01 Å². The fraction of sp³-hybridized carbons (Fsp3) is 0.444. The number of hydrogen-bond donors (Lipinski definition) is 1. The largest absolute Gasteiger partial charge is 0.330 e. The second kappa shape index (κ2) is 4.78. The van der Waals surface area contributed by atoms with E-state index in [9.17, 15) is 0 Å². The molecule has 2 heterocycles. The van der Waals surface area contributed by atoms with Gasteiger partial charge in [-0.25, -0.2) is 4.98 Å². The smallest absolute Gasteiger partial charge is 0.159 e. The van der Waals surface area contributed by atoms with E-state index in [1.54, 1.807) is 22.7 Å². The molecule has 2 aromatic heterocycles. The van der Waals surface area contributed by atoms with Gasteiger partial charge in [-0.05, 0) is 19.9 Å². The molecule has 2 aromatic rings. The molecule has 0 amide bonds. The van der Waals surface area contributed by atoms with Crippen LogP contribution in [-0.2, 0) is 6.42 Å². The maximum absolute atomic E-state index is 5.45. The van der Waals surface area contributed by atoms with E-state index in [2.05, 4.69) is 15.2 Å². The van der Waals surface area contributed by atoms with Gasteiger partial charge in [0.1, 0.15) is 5.01 Å². The van der Waals surface area contributed by atoms with Crippen LogP contribution >= 0.6 is 22.7 Å². The van der Waals surface area contributed by atoms with Gasteiger partial charge in [0.2, 0.25) is 0 Å². The molecule has 2 N–H and O–H groups in total. The highest BCUT2D eigenvalue weighted by atomic mass is 32.1. The number of nitrogens with zero attached hydrogens (tertiary/aromatic N) is 3. The Balaban J connectivity index is 2.13. The number of aryl methyl sites for hydroxylation is 2. The predicted molar refractivity (Wildman–Crippen MR) is 63.1 cm³/mol. The van der Waals surface area contributed by atoms with Gasteiger partial charge in [0.05, 0.1) is 9.88 Å². The molecule has 0 bridgehead atoms. The molecule has 0 aromatic carbocycles. The van der Waals surface area contributed by atoms with Gasteiger partial charge in [-0.15, -0.1) is 21.5 Å². The molecule has 0 fully saturated rings. The second-order valence-electron chi connectivity index (χ2n) is 3.14. The highest BCUT2D eigenvalue weighted by molar-refractivity contribution is 7.21. The van der Waals surface area contributed by atoms with Crippen molar-refractivity contribution >= 4 is 22.7 Å². The summed E-state index contributed by atoms with van der Waals surface area (Å²) in [6, 6.07) is 0. The van der Waals surface area contributed by atoms with E-state index in [-0.39, 0.29) is 0 Å². The summed E-state index contributed by atoms with van der Waals surface area (Å²) in [5.41, 5.74) is 5.45. The number of rotatable bonds is 4. The number of hydrogen-bond acceptors (Lipinski definition) is 6. The van der Waals surface area contributed by atoms with Crippen molar-refractivity contribution in [1.82, 2.24) is 15.2 Å². The first-order valence-electron chi connectivity index (χ1n) is 4.75. The summed E-state index contributed by atoms with van der Waals surface area (Å²) >= 11 is 3.28. The molecule has 0 saturated heterocycles. The SMILES string of the molecule is Cc1ncc(-c2nnc(CCCN)s2)s1. The molecule has 0 radical (unpaired) electrons. The van der Waals surface area contributed by atoms with Crippen molar-refractivity contribution in [1.29, 1.82) is 0 Å². The van der Waals surface area contributed by atoms with E-state index >= 15 is 0 Å². The molecule has 0 spiro atoms. The van der Waals surface area contributed by atoms with Crippen molar-refractivity contribution < 1.29 is 0 Å². The summed E-state index contributed by atoms with van der Waals surface area (Å²) < 4.78 is 0. The molecule has 0 atom stereocenters. The average molecular weight is 240 g/mol. The zero-order valence-corrected chi connectivity index (χ0v) is 10.1. The third-order valence-electron chi connectivity index (χ3n) is 1.89. The molecule has 0 aliphatic heterocycles. The Bertz CT molecular complexity index is 435. The summed E-state index contributed by atoms with van der Waals surface area (Å²) in [5, 5.41) is 11.4. The molecule has 2 rings (SSSR count). The third kappa shape index (κ3) is 2.58. The van der Waals surface area contributed by atoms with E-state index in [1.807, 2.05) is 13.1 Å². The Kier molecular flexibility index (Phi) is 3.40. The van der Waals surface area contributed by atoms with E-state index in [0.29, 0.717) is 6.54 Å². The Morgan fingerprint density at radius 1 is 1.33 bits per heavy atom. The number of nitrogens with two attached hydrogens (primary N) is 1. The van der Waals surface area contributed by atoms with Gasteiger partial charge in [0.25, 0.3) is 0 Å². The normalized spacial score (nSPS) is 10.8. The molecule has 15 heavy (non-hydrogen) atoms. The fourth-order valence-electron chi connectivity index (χ4n) is 1.17. The van der Waals surface area contributed by atoms with Crippen LogP contribution in [0.4, 0.5) is 0 Å². The van der Waals surface area contributed by atoms with Crippen LogP contribution in [0.5, 0.6) is 0 Å². The van der Waals surface area contributed by atoms with E-state index in [4.69, 9.17) is 5.73 Å². The first-order valence-corrected chi connectivity index (χ1v) is 6.38. The van der Waals surface area contributed by atoms with Crippen molar-refractivity contribution in [2.45, 2.75) is 19.8 Å². The Morgan fingerprint density at radius 2 is 2.20 bits per heavy atom. The minimum Gasteiger partial charge on any atom is -0.330 e. The first kappa shape index (κ1) is 10.7. The van der Waals surface area contributed by atoms with E-state index < -0.39 is 0 Å². The lowest BCUT2D eigenvalue weighted by molar-refractivity contribution is 0.812. The van der Waals surface area contributed by atoms with Crippen LogP contribution in [-0.4, -0.2) is 21.7 Å².